The van der Waals surface area contributed by atoms with Gasteiger partial charge in [-0.25, -0.2) is 9.59 Å². The number of benzene rings is 1. The van der Waals surface area contributed by atoms with Crippen LogP contribution in [-0.4, -0.2) is 36.7 Å². The summed E-state index contributed by atoms with van der Waals surface area (Å²) < 4.78 is 15.9. The van der Waals surface area contributed by atoms with Crippen molar-refractivity contribution in [3.63, 3.8) is 0 Å². The van der Waals surface area contributed by atoms with E-state index in [1.807, 2.05) is 30.3 Å². The lowest BCUT2D eigenvalue weighted by molar-refractivity contribution is -0.161. The van der Waals surface area contributed by atoms with Crippen molar-refractivity contribution in [2.45, 2.75) is 48.7 Å². The van der Waals surface area contributed by atoms with Gasteiger partial charge in [-0.1, -0.05) is 37.5 Å². The van der Waals surface area contributed by atoms with Crippen LogP contribution in [0.5, 0.6) is 0 Å². The van der Waals surface area contributed by atoms with Crippen LogP contribution in [0.15, 0.2) is 35.2 Å². The van der Waals surface area contributed by atoms with Gasteiger partial charge in [-0.15, -0.1) is 11.8 Å². The quantitative estimate of drug-likeness (QED) is 0.594. The fourth-order valence-electron chi connectivity index (χ4n) is 3.55. The number of carbonyl (C=O) groups is 2. The Morgan fingerprint density at radius 1 is 1.25 bits per heavy atom. The number of hydrogen-bond donors (Lipinski definition) is 0. The van der Waals surface area contributed by atoms with Gasteiger partial charge in [0, 0.05) is 10.8 Å². The second kappa shape index (κ2) is 7.47. The molecule has 130 valence electrons. The summed E-state index contributed by atoms with van der Waals surface area (Å²) >= 11 is 1.47. The standard InChI is InChI=1S/C18H22O5S/c1-21-16(19)18(12-24-14-10-6-3-7-11-14)15(22-17(20)23-18)13-8-4-2-5-9-13/h3,6-7,10-11,13,15H,2,4-5,8-9,12H2,1H3/t15-,18+/m1/s1. The summed E-state index contributed by atoms with van der Waals surface area (Å²) in [6.07, 6.45) is 3.89. The molecule has 0 radical (unpaired) electrons. The van der Waals surface area contributed by atoms with E-state index in [0.717, 1.165) is 30.6 Å². The van der Waals surface area contributed by atoms with Crippen molar-refractivity contribution in [2.24, 2.45) is 5.92 Å². The molecule has 5 nitrogen and oxygen atoms in total. The lowest BCUT2D eigenvalue weighted by Crippen LogP contribution is -2.53. The highest BCUT2D eigenvalue weighted by atomic mass is 32.2. The van der Waals surface area contributed by atoms with Crippen molar-refractivity contribution in [2.75, 3.05) is 12.9 Å². The van der Waals surface area contributed by atoms with Gasteiger partial charge < -0.3 is 14.2 Å². The SMILES string of the molecule is COC(=O)[C@@]1(CSc2ccccc2)OC(=O)O[C@@H]1C1CCCCC1. The maximum Gasteiger partial charge on any atom is 0.510 e. The summed E-state index contributed by atoms with van der Waals surface area (Å²) in [5.41, 5.74) is -1.37. The Morgan fingerprint density at radius 3 is 2.62 bits per heavy atom. The van der Waals surface area contributed by atoms with Gasteiger partial charge in [-0.3, -0.25) is 0 Å². The maximum atomic E-state index is 12.6. The first kappa shape index (κ1) is 17.1. The Bertz CT molecular complexity index is 584. The number of esters is 1. The lowest BCUT2D eigenvalue weighted by atomic mass is 9.79. The fourth-order valence-corrected chi connectivity index (χ4v) is 4.62. The van der Waals surface area contributed by atoms with Crippen LogP contribution in [0.2, 0.25) is 0 Å². The minimum atomic E-state index is -1.37. The van der Waals surface area contributed by atoms with Crippen LogP contribution in [-0.2, 0) is 19.0 Å². The molecule has 1 aliphatic heterocycles. The van der Waals surface area contributed by atoms with E-state index in [-0.39, 0.29) is 11.7 Å². The summed E-state index contributed by atoms with van der Waals surface area (Å²) in [6.45, 7) is 0. The molecule has 1 aromatic carbocycles. The second-order valence-corrected chi connectivity index (χ2v) is 7.32. The minimum Gasteiger partial charge on any atom is -0.466 e. The number of cyclic esters (lactones) is 2. The molecule has 1 aromatic rings. The summed E-state index contributed by atoms with van der Waals surface area (Å²) in [5, 5.41) is 0. The van der Waals surface area contributed by atoms with Gasteiger partial charge in [-0.05, 0) is 25.0 Å². The van der Waals surface area contributed by atoms with Crippen molar-refractivity contribution < 1.29 is 23.8 Å². The molecule has 3 rings (SSSR count). The van der Waals surface area contributed by atoms with E-state index >= 15 is 0 Å². The van der Waals surface area contributed by atoms with Crippen molar-refractivity contribution in [1.29, 1.82) is 0 Å². The molecule has 0 bridgehead atoms. The largest absolute Gasteiger partial charge is 0.510 e. The Balaban J connectivity index is 1.84. The first-order chi connectivity index (χ1) is 11.7. The molecule has 0 N–H and O–H groups in total. The average Bonchev–Trinajstić information content (AvgIpc) is 2.98. The molecule has 0 aromatic heterocycles. The Kier molecular flexibility index (Phi) is 5.33. The first-order valence-electron chi connectivity index (χ1n) is 8.31. The van der Waals surface area contributed by atoms with Crippen LogP contribution < -0.4 is 0 Å². The third-order valence-corrected chi connectivity index (χ3v) is 5.93. The molecule has 6 heteroatoms. The molecule has 1 saturated heterocycles. The molecule has 2 aliphatic rings. The van der Waals surface area contributed by atoms with E-state index in [0.29, 0.717) is 0 Å². The summed E-state index contributed by atoms with van der Waals surface area (Å²) in [6, 6.07) is 9.72. The van der Waals surface area contributed by atoms with Crippen LogP contribution in [0.4, 0.5) is 4.79 Å². The van der Waals surface area contributed by atoms with Crippen LogP contribution >= 0.6 is 11.8 Å². The van der Waals surface area contributed by atoms with E-state index in [1.165, 1.54) is 25.3 Å². The first-order valence-corrected chi connectivity index (χ1v) is 9.30. The number of methoxy groups -OCH3 is 1. The minimum absolute atomic E-state index is 0.140. The number of hydrogen-bond acceptors (Lipinski definition) is 6. The Morgan fingerprint density at radius 2 is 1.96 bits per heavy atom. The van der Waals surface area contributed by atoms with Crippen molar-refractivity contribution in [1.82, 2.24) is 0 Å². The van der Waals surface area contributed by atoms with Crippen LogP contribution in [0.3, 0.4) is 0 Å². The van der Waals surface area contributed by atoms with Crippen molar-refractivity contribution >= 4 is 23.9 Å². The summed E-state index contributed by atoms with van der Waals surface area (Å²) in [5.74, 6) is -0.107. The molecule has 0 spiro atoms. The molecule has 1 saturated carbocycles. The number of ether oxygens (including phenoxy) is 3. The van der Waals surface area contributed by atoms with Crippen LogP contribution in [0.1, 0.15) is 32.1 Å². The van der Waals surface area contributed by atoms with E-state index in [4.69, 9.17) is 14.2 Å². The second-order valence-electron chi connectivity index (χ2n) is 6.27. The predicted molar refractivity (Wildman–Crippen MR) is 89.8 cm³/mol. The maximum absolute atomic E-state index is 12.6. The monoisotopic (exact) mass is 350 g/mol. The molecular formula is C18H22O5S. The Labute approximate surface area is 146 Å². The van der Waals surface area contributed by atoms with Gasteiger partial charge in [0.1, 0.15) is 0 Å². The van der Waals surface area contributed by atoms with Crippen molar-refractivity contribution in [3.05, 3.63) is 30.3 Å². The fraction of sp³-hybridized carbons (Fsp3) is 0.556. The molecule has 2 atom stereocenters. The smallest absolute Gasteiger partial charge is 0.466 e. The molecular weight excluding hydrogens is 328 g/mol. The molecule has 0 amide bonds. The Hall–Kier alpha value is -1.69. The summed E-state index contributed by atoms with van der Waals surface area (Å²) in [7, 11) is 1.32. The van der Waals surface area contributed by atoms with Crippen molar-refractivity contribution in [3.8, 4) is 0 Å². The van der Waals surface area contributed by atoms with Gasteiger partial charge in [0.15, 0.2) is 6.10 Å². The van der Waals surface area contributed by atoms with Gasteiger partial charge in [0.2, 0.25) is 0 Å². The van der Waals surface area contributed by atoms with E-state index in [2.05, 4.69) is 0 Å². The third-order valence-electron chi connectivity index (χ3n) is 4.75. The van der Waals surface area contributed by atoms with Gasteiger partial charge in [-0.2, -0.15) is 0 Å². The zero-order chi connectivity index (χ0) is 17.0. The highest BCUT2D eigenvalue weighted by molar-refractivity contribution is 7.99. The lowest BCUT2D eigenvalue weighted by Gasteiger charge is -2.34. The molecule has 24 heavy (non-hydrogen) atoms. The molecule has 2 fully saturated rings. The van der Waals surface area contributed by atoms with E-state index in [1.54, 1.807) is 0 Å². The number of thioether (sulfide) groups is 1. The predicted octanol–water partition coefficient (Wildman–Crippen LogP) is 3.81. The summed E-state index contributed by atoms with van der Waals surface area (Å²) in [4.78, 5) is 25.5. The highest BCUT2D eigenvalue weighted by Crippen LogP contribution is 2.42. The normalized spacial score (nSPS) is 27.4. The highest BCUT2D eigenvalue weighted by Gasteiger charge is 2.60. The average molecular weight is 350 g/mol. The van der Waals surface area contributed by atoms with E-state index in [9.17, 15) is 9.59 Å². The number of rotatable bonds is 5. The molecule has 1 aliphatic carbocycles. The van der Waals surface area contributed by atoms with Crippen LogP contribution in [0.25, 0.3) is 0 Å². The van der Waals surface area contributed by atoms with E-state index < -0.39 is 23.8 Å². The van der Waals surface area contributed by atoms with Crippen LogP contribution in [0, 0.1) is 5.92 Å². The third kappa shape index (κ3) is 3.38. The zero-order valence-electron chi connectivity index (χ0n) is 13.7. The van der Waals surface area contributed by atoms with Gasteiger partial charge >= 0.3 is 12.1 Å². The van der Waals surface area contributed by atoms with Gasteiger partial charge in [0.25, 0.3) is 5.60 Å². The van der Waals surface area contributed by atoms with Gasteiger partial charge in [0.05, 0.1) is 12.9 Å². The molecule has 0 unspecified atom stereocenters. The molecule has 1 heterocycles. The topological polar surface area (TPSA) is 61.8 Å². The number of carbonyl (C=O) groups excluding carboxylic acids is 2. The zero-order valence-corrected chi connectivity index (χ0v) is 14.6.